The van der Waals surface area contributed by atoms with Crippen molar-refractivity contribution in [3.63, 3.8) is 0 Å². The molecular weight excluding hydrogens is 275 g/mol. The monoisotopic (exact) mass is 282 g/mol. The number of alkyl halides is 5. The third-order valence-corrected chi connectivity index (χ3v) is 2.08. The molecule has 0 spiro atoms. The fraction of sp³-hybridized carbons (Fsp3) is 0.273. The summed E-state index contributed by atoms with van der Waals surface area (Å²) in [5.74, 6) is -9.17. The predicted molar refractivity (Wildman–Crippen MR) is 53.1 cm³/mol. The van der Waals surface area contributed by atoms with Gasteiger partial charge in [-0.1, -0.05) is 0 Å². The van der Waals surface area contributed by atoms with E-state index in [1.807, 2.05) is 0 Å². The maximum atomic E-state index is 12.6. The molecule has 0 bridgehead atoms. The van der Waals surface area contributed by atoms with Gasteiger partial charge >= 0.3 is 18.1 Å². The van der Waals surface area contributed by atoms with Crippen molar-refractivity contribution in [2.75, 3.05) is 0 Å². The van der Waals surface area contributed by atoms with Gasteiger partial charge in [0.1, 0.15) is 5.75 Å². The van der Waals surface area contributed by atoms with Crippen LogP contribution in [-0.4, -0.2) is 23.9 Å². The van der Waals surface area contributed by atoms with E-state index in [0.29, 0.717) is 0 Å². The Bertz CT molecular complexity index is 490. The van der Waals surface area contributed by atoms with E-state index in [2.05, 4.69) is 4.74 Å². The first-order valence-electron chi connectivity index (χ1n) is 4.83. The normalized spacial score (nSPS) is 12.1. The second kappa shape index (κ2) is 4.94. The Kier molecular flexibility index (Phi) is 3.92. The van der Waals surface area contributed by atoms with Crippen LogP contribution < -0.4 is 4.74 Å². The first-order chi connectivity index (χ1) is 8.55. The van der Waals surface area contributed by atoms with E-state index in [9.17, 15) is 31.5 Å². The van der Waals surface area contributed by atoms with Crippen LogP contribution in [0.4, 0.5) is 22.0 Å². The summed E-state index contributed by atoms with van der Waals surface area (Å²) in [6, 6.07) is 4.16. The third kappa shape index (κ3) is 3.27. The zero-order valence-corrected chi connectivity index (χ0v) is 9.42. The number of carbonyl (C=O) groups is 2. The molecule has 104 valence electrons. The first-order valence-corrected chi connectivity index (χ1v) is 4.83. The van der Waals surface area contributed by atoms with Crippen LogP contribution in [0.15, 0.2) is 24.3 Å². The largest absolute Gasteiger partial charge is 0.465 e. The zero-order valence-electron chi connectivity index (χ0n) is 9.42. The number of hydrogen-bond donors (Lipinski definition) is 0. The molecule has 3 nitrogen and oxygen atoms in total. The Morgan fingerprint density at radius 3 is 1.84 bits per heavy atom. The second-order valence-electron chi connectivity index (χ2n) is 3.54. The van der Waals surface area contributed by atoms with Gasteiger partial charge in [-0.2, -0.15) is 22.0 Å². The molecule has 0 heterocycles. The molecule has 0 unspecified atom stereocenters. The topological polar surface area (TPSA) is 43.4 Å². The van der Waals surface area contributed by atoms with Crippen molar-refractivity contribution in [2.24, 2.45) is 0 Å². The van der Waals surface area contributed by atoms with E-state index in [-0.39, 0.29) is 11.3 Å². The van der Waals surface area contributed by atoms with Gasteiger partial charge in [0, 0.05) is 5.56 Å². The van der Waals surface area contributed by atoms with Crippen molar-refractivity contribution < 1.29 is 36.3 Å². The molecule has 1 rings (SSSR count). The number of rotatable bonds is 3. The summed E-state index contributed by atoms with van der Waals surface area (Å²) >= 11 is 0. The molecule has 0 N–H and O–H groups in total. The molecule has 1 aromatic rings. The van der Waals surface area contributed by atoms with E-state index < -0.39 is 23.8 Å². The van der Waals surface area contributed by atoms with E-state index >= 15 is 0 Å². The van der Waals surface area contributed by atoms with Crippen LogP contribution in [0.1, 0.15) is 17.3 Å². The minimum Gasteiger partial charge on any atom is -0.422 e. The molecule has 0 aromatic heterocycles. The number of halogens is 5. The SMILES string of the molecule is CC(=O)c1ccc(OC(=O)C(F)(F)C(F)(F)F)cc1. The number of hydrogen-bond acceptors (Lipinski definition) is 3. The number of ether oxygens (including phenoxy) is 1. The van der Waals surface area contributed by atoms with Crippen molar-refractivity contribution >= 4 is 11.8 Å². The molecule has 0 amide bonds. The Morgan fingerprint density at radius 2 is 1.47 bits per heavy atom. The van der Waals surface area contributed by atoms with E-state index in [1.54, 1.807) is 0 Å². The van der Waals surface area contributed by atoms with Gasteiger partial charge in [0.05, 0.1) is 0 Å². The summed E-state index contributed by atoms with van der Waals surface area (Å²) in [6.45, 7) is 1.23. The second-order valence-corrected chi connectivity index (χ2v) is 3.54. The number of benzene rings is 1. The molecule has 0 aliphatic carbocycles. The van der Waals surface area contributed by atoms with Gasteiger partial charge in [-0.25, -0.2) is 4.79 Å². The highest BCUT2D eigenvalue weighted by molar-refractivity contribution is 5.94. The molecule has 0 fully saturated rings. The summed E-state index contributed by atoms with van der Waals surface area (Å²) < 4.78 is 64.6. The van der Waals surface area contributed by atoms with Gasteiger partial charge in [0.15, 0.2) is 5.78 Å². The van der Waals surface area contributed by atoms with E-state index in [0.717, 1.165) is 24.3 Å². The minimum atomic E-state index is -6.02. The standard InChI is InChI=1S/C11H7F5O3/c1-6(17)7-2-4-8(5-3-7)19-9(18)10(12,13)11(14,15)16/h2-5H,1H3. The van der Waals surface area contributed by atoms with E-state index in [1.165, 1.54) is 6.92 Å². The predicted octanol–water partition coefficient (Wildman–Crippen LogP) is 2.99. The summed E-state index contributed by atoms with van der Waals surface area (Å²) in [7, 11) is 0. The maximum absolute atomic E-state index is 12.6. The molecule has 0 aliphatic heterocycles. The molecule has 1 aromatic carbocycles. The quantitative estimate of drug-likeness (QED) is 0.370. The lowest BCUT2D eigenvalue weighted by Crippen LogP contribution is -2.46. The molecule has 0 saturated heterocycles. The van der Waals surface area contributed by atoms with Crippen LogP contribution in [0.3, 0.4) is 0 Å². The summed E-state index contributed by atoms with van der Waals surface area (Å²) in [5.41, 5.74) is 0.197. The molecule has 19 heavy (non-hydrogen) atoms. The fourth-order valence-corrected chi connectivity index (χ4v) is 1.04. The summed E-state index contributed by atoms with van der Waals surface area (Å²) in [5, 5.41) is 0. The van der Waals surface area contributed by atoms with Crippen LogP contribution in [0.2, 0.25) is 0 Å². The van der Waals surface area contributed by atoms with Gasteiger partial charge in [-0.05, 0) is 31.2 Å². The lowest BCUT2D eigenvalue weighted by Gasteiger charge is -2.17. The van der Waals surface area contributed by atoms with Crippen molar-refractivity contribution in [3.05, 3.63) is 29.8 Å². The highest BCUT2D eigenvalue weighted by Gasteiger charge is 2.65. The Labute approximate surface area is 104 Å². The van der Waals surface area contributed by atoms with Crippen LogP contribution in [-0.2, 0) is 4.79 Å². The molecular formula is C11H7F5O3. The summed E-state index contributed by atoms with van der Waals surface area (Å²) in [6.07, 6.45) is -6.02. The molecule has 0 aliphatic rings. The molecule has 0 atom stereocenters. The van der Waals surface area contributed by atoms with Crippen molar-refractivity contribution in [1.29, 1.82) is 0 Å². The number of ketones is 1. The van der Waals surface area contributed by atoms with Crippen LogP contribution in [0.5, 0.6) is 5.75 Å². The smallest absolute Gasteiger partial charge is 0.422 e. The highest BCUT2D eigenvalue weighted by Crippen LogP contribution is 2.36. The van der Waals surface area contributed by atoms with Crippen LogP contribution >= 0.6 is 0 Å². The lowest BCUT2D eigenvalue weighted by molar-refractivity contribution is -0.276. The number of carbonyl (C=O) groups excluding carboxylic acids is 2. The molecule has 0 saturated carbocycles. The van der Waals surface area contributed by atoms with Gasteiger partial charge in [0.25, 0.3) is 0 Å². The zero-order chi connectivity index (χ0) is 14.8. The van der Waals surface area contributed by atoms with Crippen molar-refractivity contribution in [2.45, 2.75) is 19.0 Å². The van der Waals surface area contributed by atoms with Crippen molar-refractivity contribution in [1.82, 2.24) is 0 Å². The van der Waals surface area contributed by atoms with Crippen LogP contribution in [0, 0.1) is 0 Å². The third-order valence-electron chi connectivity index (χ3n) is 2.08. The molecule has 0 radical (unpaired) electrons. The van der Waals surface area contributed by atoms with Gasteiger partial charge < -0.3 is 4.74 Å². The maximum Gasteiger partial charge on any atom is 0.465 e. The first kappa shape index (κ1) is 15.1. The van der Waals surface area contributed by atoms with E-state index in [4.69, 9.17) is 0 Å². The average molecular weight is 282 g/mol. The average Bonchev–Trinajstić information content (AvgIpc) is 2.28. The number of esters is 1. The Hall–Kier alpha value is -1.99. The molecule has 8 heteroatoms. The lowest BCUT2D eigenvalue weighted by atomic mass is 10.1. The van der Waals surface area contributed by atoms with Gasteiger partial charge in [-0.15, -0.1) is 0 Å². The van der Waals surface area contributed by atoms with Gasteiger partial charge in [0.2, 0.25) is 0 Å². The van der Waals surface area contributed by atoms with Crippen molar-refractivity contribution in [3.8, 4) is 5.75 Å². The fourth-order valence-electron chi connectivity index (χ4n) is 1.04. The highest BCUT2D eigenvalue weighted by atomic mass is 19.4. The Balaban J connectivity index is 2.86. The van der Waals surface area contributed by atoms with Crippen LogP contribution in [0.25, 0.3) is 0 Å². The Morgan fingerprint density at radius 1 is 1.00 bits per heavy atom. The van der Waals surface area contributed by atoms with Gasteiger partial charge in [-0.3, -0.25) is 4.79 Å². The summed E-state index contributed by atoms with van der Waals surface area (Å²) in [4.78, 5) is 21.6. The number of Topliss-reactive ketones (excluding diaryl/α,β-unsaturated/α-hetero) is 1. The minimum absolute atomic E-state index is 0.197.